The summed E-state index contributed by atoms with van der Waals surface area (Å²) in [4.78, 5) is 40.0. The van der Waals surface area contributed by atoms with Gasteiger partial charge < -0.3 is 41.5 Å². The highest BCUT2D eigenvalue weighted by Gasteiger charge is 2.65. The van der Waals surface area contributed by atoms with Gasteiger partial charge in [0.15, 0.2) is 11.4 Å². The smallest absolute Gasteiger partial charge is 0.264 e. The topological polar surface area (TPSA) is 280 Å². The van der Waals surface area contributed by atoms with E-state index in [9.17, 15) is 48.3 Å². The lowest BCUT2D eigenvalue weighted by Crippen LogP contribution is -2.65. The first-order valence-corrected chi connectivity index (χ1v) is 16.7. The van der Waals surface area contributed by atoms with Crippen LogP contribution in [0.5, 0.6) is 5.75 Å². The molecule has 2 aromatic carbocycles. The first-order valence-electron chi connectivity index (χ1n) is 15.2. The van der Waals surface area contributed by atoms with Gasteiger partial charge in [-0.1, -0.05) is 17.3 Å². The van der Waals surface area contributed by atoms with Gasteiger partial charge in [0.05, 0.1) is 27.8 Å². The highest BCUT2D eigenvalue weighted by molar-refractivity contribution is 7.92. The van der Waals surface area contributed by atoms with E-state index in [1.807, 2.05) is 0 Å². The number of primary amides is 1. The molecular formula is C33H37N5O11S. The molecule has 16 nitrogen and oxygen atoms in total. The Hall–Kier alpha value is -5.23. The second-order valence-corrected chi connectivity index (χ2v) is 14.5. The SMILES string of the molecule is CN(C)[C@@H]1C(O)=C(C(N)=O)C(=O)[C@@]2(O)C(O)=C3C(=O)c4c(O)cccc4[C@@](C)(O)[C@H]3C[C@@H]12.Cc1noc(NS(=O)(=O)c2ccc(N)cc2)c1C. The first kappa shape index (κ1) is 36.1. The molecule has 0 fully saturated rings. The van der Waals surface area contributed by atoms with E-state index in [0.717, 1.165) is 0 Å². The average molecular weight is 712 g/mol. The Morgan fingerprint density at radius 1 is 1.06 bits per heavy atom. The van der Waals surface area contributed by atoms with E-state index >= 15 is 0 Å². The van der Waals surface area contributed by atoms with E-state index in [0.29, 0.717) is 16.9 Å². The zero-order chi connectivity index (χ0) is 37.2. The molecule has 0 spiro atoms. The lowest BCUT2D eigenvalue weighted by atomic mass is 9.55. The van der Waals surface area contributed by atoms with Gasteiger partial charge in [-0.2, -0.15) is 0 Å². The second kappa shape index (κ2) is 12.3. The number of amides is 1. The molecule has 3 aliphatic rings. The molecule has 5 atom stereocenters. The maximum absolute atomic E-state index is 13.3. The van der Waals surface area contributed by atoms with E-state index in [1.165, 1.54) is 68.4 Å². The van der Waals surface area contributed by atoms with Crippen LogP contribution in [0.3, 0.4) is 0 Å². The number of carbonyl (C=O) groups excluding carboxylic acids is 3. The number of nitrogens with zero attached hydrogens (tertiary/aromatic N) is 2. The van der Waals surface area contributed by atoms with Gasteiger partial charge in [-0.15, -0.1) is 0 Å². The summed E-state index contributed by atoms with van der Waals surface area (Å²) < 4.78 is 31.3. The van der Waals surface area contributed by atoms with Crippen LogP contribution in [0, 0.1) is 25.7 Å². The predicted octanol–water partition coefficient (Wildman–Crippen LogP) is 1.46. The minimum absolute atomic E-state index is 0.116. The third-order valence-electron chi connectivity index (χ3n) is 9.60. The van der Waals surface area contributed by atoms with E-state index in [-0.39, 0.29) is 28.3 Å². The van der Waals surface area contributed by atoms with E-state index in [4.69, 9.17) is 16.0 Å². The van der Waals surface area contributed by atoms with Crippen LogP contribution in [-0.2, 0) is 25.2 Å². The summed E-state index contributed by atoms with van der Waals surface area (Å²) >= 11 is 0. The highest BCUT2D eigenvalue weighted by atomic mass is 32.2. The van der Waals surface area contributed by atoms with Gasteiger partial charge in [-0.3, -0.25) is 19.3 Å². The first-order chi connectivity index (χ1) is 23.2. The molecule has 6 rings (SSSR count). The molecule has 0 aliphatic heterocycles. The number of hydrogen-bond donors (Lipinski definition) is 8. The number of carbonyl (C=O) groups is 3. The van der Waals surface area contributed by atoms with Gasteiger partial charge in [0.1, 0.15) is 22.8 Å². The summed E-state index contributed by atoms with van der Waals surface area (Å²) in [5, 5.41) is 58.7. The third-order valence-corrected chi connectivity index (χ3v) is 10.9. The average Bonchev–Trinajstić information content (AvgIpc) is 3.33. The quantitative estimate of drug-likeness (QED) is 0.137. The number of aliphatic hydroxyl groups excluding tert-OH is 2. The molecule has 0 saturated carbocycles. The lowest BCUT2D eigenvalue weighted by molar-refractivity contribution is -0.151. The molecule has 0 bridgehead atoms. The molecule has 266 valence electrons. The van der Waals surface area contributed by atoms with Gasteiger partial charge in [0.25, 0.3) is 15.9 Å². The van der Waals surface area contributed by atoms with E-state index in [1.54, 1.807) is 13.8 Å². The van der Waals surface area contributed by atoms with E-state index in [2.05, 4.69) is 9.88 Å². The third kappa shape index (κ3) is 5.47. The number of phenols is 1. The van der Waals surface area contributed by atoms with E-state index < -0.39 is 85.0 Å². The Morgan fingerprint density at radius 3 is 2.22 bits per heavy atom. The fourth-order valence-corrected chi connectivity index (χ4v) is 7.89. The number of fused-ring (bicyclic) bond motifs is 3. The highest BCUT2D eigenvalue weighted by Crippen LogP contribution is 2.56. The standard InChI is InChI=1S/C22H24N2O8.C11H13N3O3S/c1-21(31)8-5-4-6-11(25)12(8)16(26)13-9(21)7-10-15(24(2)3)17(27)14(20(23)30)19(29)22(10,32)18(13)28;1-7-8(2)13-17-11(7)14-18(15,16)10-5-3-9(12)4-6-10/h4-6,9-10,15,25,27-28,31-32H,7H2,1-3H3,(H2,23,30);3-6,14H,12H2,1-2H3/t9-,10-,15-,21+,22-;/m0./s1. The number of anilines is 2. The number of Topliss-reactive ketones (excluding diaryl/α,β-unsaturated/α-hetero) is 2. The van der Waals surface area contributed by atoms with Crippen molar-refractivity contribution in [1.29, 1.82) is 0 Å². The summed E-state index contributed by atoms with van der Waals surface area (Å²) in [6.45, 7) is 4.87. The van der Waals surface area contributed by atoms with Crippen molar-refractivity contribution < 1.29 is 52.9 Å². The second-order valence-electron chi connectivity index (χ2n) is 12.9. The Balaban J connectivity index is 0.000000228. The molecule has 0 saturated heterocycles. The molecule has 1 amide bonds. The molecule has 1 aromatic heterocycles. The summed E-state index contributed by atoms with van der Waals surface area (Å²) in [6.07, 6.45) is -0.200. The molecule has 3 aliphatic carbocycles. The Morgan fingerprint density at radius 2 is 1.68 bits per heavy atom. The summed E-state index contributed by atoms with van der Waals surface area (Å²) in [6, 6.07) is 8.95. The summed E-state index contributed by atoms with van der Waals surface area (Å²) in [7, 11) is -0.616. The Kier molecular flexibility index (Phi) is 8.85. The minimum Gasteiger partial charge on any atom is -0.510 e. The number of aryl methyl sites for hydroxylation is 1. The number of phenolic OH excluding ortho intramolecular Hbond substituents is 1. The number of nitrogens with one attached hydrogen (secondary N) is 1. The van der Waals surface area contributed by atoms with Crippen molar-refractivity contribution in [2.75, 3.05) is 24.6 Å². The van der Waals surface area contributed by atoms with Crippen LogP contribution in [-0.4, -0.2) is 87.2 Å². The Bertz CT molecular complexity index is 2100. The number of aliphatic hydroxyl groups is 4. The number of nitrogens with two attached hydrogens (primary N) is 2. The van der Waals surface area contributed by atoms with Gasteiger partial charge in [-0.25, -0.2) is 13.1 Å². The number of aromatic nitrogens is 1. The van der Waals surface area contributed by atoms with Crippen LogP contribution in [0.2, 0.25) is 0 Å². The number of benzene rings is 2. The van der Waals surface area contributed by atoms with Crippen LogP contribution < -0.4 is 16.2 Å². The number of sulfonamides is 1. The van der Waals surface area contributed by atoms with Crippen molar-refractivity contribution in [1.82, 2.24) is 10.1 Å². The molecule has 1 heterocycles. The molecule has 0 radical (unpaired) electrons. The maximum Gasteiger partial charge on any atom is 0.264 e. The van der Waals surface area contributed by atoms with Crippen molar-refractivity contribution in [3.63, 3.8) is 0 Å². The van der Waals surface area contributed by atoms with Gasteiger partial charge in [-0.05, 0) is 77.2 Å². The van der Waals surface area contributed by atoms with Crippen molar-refractivity contribution in [3.8, 4) is 5.75 Å². The van der Waals surface area contributed by atoms with Crippen LogP contribution in [0.15, 0.2) is 74.5 Å². The van der Waals surface area contributed by atoms with Crippen LogP contribution >= 0.6 is 0 Å². The monoisotopic (exact) mass is 711 g/mol. The molecule has 0 unspecified atom stereocenters. The van der Waals surface area contributed by atoms with Crippen LogP contribution in [0.4, 0.5) is 11.6 Å². The van der Waals surface area contributed by atoms with Crippen molar-refractivity contribution in [2.45, 2.75) is 49.3 Å². The summed E-state index contributed by atoms with van der Waals surface area (Å²) in [5.41, 5.74) is 6.66. The number of likely N-dealkylation sites (N-methyl/N-ethyl adjacent to an activating group) is 1. The largest absolute Gasteiger partial charge is 0.510 e. The lowest BCUT2D eigenvalue weighted by Gasteiger charge is -2.52. The number of rotatable bonds is 5. The molecule has 10 N–H and O–H groups in total. The van der Waals surface area contributed by atoms with Crippen molar-refractivity contribution in [2.24, 2.45) is 17.6 Å². The fraction of sp³-hybridized carbons (Fsp3) is 0.333. The number of aromatic hydroxyl groups is 1. The van der Waals surface area contributed by atoms with Gasteiger partial charge in [0, 0.05) is 28.7 Å². The molecule has 50 heavy (non-hydrogen) atoms. The van der Waals surface area contributed by atoms with Gasteiger partial charge in [0.2, 0.25) is 11.7 Å². The molecule has 3 aromatic rings. The van der Waals surface area contributed by atoms with Crippen molar-refractivity contribution in [3.05, 3.63) is 87.5 Å². The maximum atomic E-state index is 13.3. The zero-order valence-corrected chi connectivity index (χ0v) is 28.4. The fourth-order valence-electron chi connectivity index (χ4n) is 6.85. The number of hydrogen-bond acceptors (Lipinski definition) is 14. The minimum atomic E-state index is -3.68. The summed E-state index contributed by atoms with van der Waals surface area (Å²) in [5.74, 6) is -7.76. The number of nitrogen functional groups attached to an aromatic ring is 1. The molecular weight excluding hydrogens is 674 g/mol. The zero-order valence-electron chi connectivity index (χ0n) is 27.6. The van der Waals surface area contributed by atoms with Gasteiger partial charge >= 0.3 is 0 Å². The van der Waals surface area contributed by atoms with Crippen LogP contribution in [0.1, 0.15) is 40.5 Å². The van der Waals surface area contributed by atoms with Crippen molar-refractivity contribution >= 4 is 39.1 Å². The Labute approximate surface area is 286 Å². The normalized spacial score (nSPS) is 26.1. The van der Waals surface area contributed by atoms with Crippen LogP contribution in [0.25, 0.3) is 0 Å². The predicted molar refractivity (Wildman–Crippen MR) is 177 cm³/mol. The molecule has 17 heteroatoms. The number of ketones is 2.